The molecule has 1 heterocycles. The molecule has 1 aromatic heterocycles. The first-order chi connectivity index (χ1) is 13.0. The molecule has 0 saturated heterocycles. The van der Waals surface area contributed by atoms with Gasteiger partial charge < -0.3 is 9.72 Å². The maximum absolute atomic E-state index is 12.9. The van der Waals surface area contributed by atoms with Crippen LogP contribution in [0.4, 0.5) is 0 Å². The summed E-state index contributed by atoms with van der Waals surface area (Å²) in [5.74, 6) is 1.11. The highest BCUT2D eigenvalue weighted by molar-refractivity contribution is 6.24. The van der Waals surface area contributed by atoms with Crippen LogP contribution >= 0.6 is 11.6 Å². The lowest BCUT2D eigenvalue weighted by Crippen LogP contribution is -2.56. The third-order valence-corrected chi connectivity index (χ3v) is 7.31. The van der Waals surface area contributed by atoms with Crippen molar-refractivity contribution in [2.45, 2.75) is 56.4 Å². The van der Waals surface area contributed by atoms with Crippen molar-refractivity contribution in [3.8, 4) is 0 Å². The maximum Gasteiger partial charge on any atom is 0.326 e. The van der Waals surface area contributed by atoms with Gasteiger partial charge in [0.05, 0.1) is 23.1 Å². The van der Waals surface area contributed by atoms with Gasteiger partial charge in [-0.2, -0.15) is 0 Å². The minimum absolute atomic E-state index is 0.0621. The first kappa shape index (κ1) is 17.4. The molecule has 0 spiro atoms. The number of aromatic nitrogens is 2. The molecule has 6 heteroatoms. The lowest BCUT2D eigenvalue weighted by Gasteiger charge is -2.58. The highest BCUT2D eigenvalue weighted by Gasteiger charge is 2.60. The SMILES string of the molecule is O=C(OCCCn1c(=O)[nH]c2ccccc21)C12C[C@H]3C[C@@H](CC(Cl)(C3)C1)C2. The van der Waals surface area contributed by atoms with Gasteiger partial charge in [0.2, 0.25) is 0 Å². The van der Waals surface area contributed by atoms with Crippen LogP contribution in [0, 0.1) is 17.3 Å². The minimum atomic E-state index is -0.358. The van der Waals surface area contributed by atoms with E-state index in [1.54, 1.807) is 4.57 Å². The van der Waals surface area contributed by atoms with Crippen LogP contribution in [0.2, 0.25) is 0 Å². The lowest BCUT2D eigenvalue weighted by molar-refractivity contribution is -0.170. The Morgan fingerprint density at radius 1 is 1.22 bits per heavy atom. The molecule has 4 bridgehead atoms. The second kappa shape index (κ2) is 6.13. The van der Waals surface area contributed by atoms with Gasteiger partial charge in [-0.05, 0) is 68.9 Å². The van der Waals surface area contributed by atoms with Crippen molar-refractivity contribution in [2.24, 2.45) is 17.3 Å². The van der Waals surface area contributed by atoms with Gasteiger partial charge in [-0.15, -0.1) is 11.6 Å². The number of benzene rings is 1. The van der Waals surface area contributed by atoms with E-state index in [2.05, 4.69) is 4.98 Å². The second-order valence-electron chi connectivity index (χ2n) is 8.98. The van der Waals surface area contributed by atoms with E-state index in [-0.39, 0.29) is 21.9 Å². The van der Waals surface area contributed by atoms with Crippen molar-refractivity contribution in [1.29, 1.82) is 0 Å². The van der Waals surface area contributed by atoms with Crippen molar-refractivity contribution in [1.82, 2.24) is 9.55 Å². The molecule has 27 heavy (non-hydrogen) atoms. The number of nitrogens with zero attached hydrogens (tertiary/aromatic N) is 1. The molecule has 4 aliphatic rings. The van der Waals surface area contributed by atoms with Crippen molar-refractivity contribution < 1.29 is 9.53 Å². The number of alkyl halides is 1. The molecule has 4 fully saturated rings. The van der Waals surface area contributed by atoms with Gasteiger partial charge in [-0.25, -0.2) is 4.79 Å². The van der Waals surface area contributed by atoms with Crippen LogP contribution in [-0.4, -0.2) is 27.0 Å². The van der Waals surface area contributed by atoms with Crippen LogP contribution in [-0.2, 0) is 16.1 Å². The number of halogens is 1. The number of aryl methyl sites for hydroxylation is 1. The van der Waals surface area contributed by atoms with Crippen LogP contribution in [0.15, 0.2) is 29.1 Å². The predicted octanol–water partition coefficient (Wildman–Crippen LogP) is 3.84. The molecule has 4 aliphatic carbocycles. The minimum Gasteiger partial charge on any atom is -0.465 e. The largest absolute Gasteiger partial charge is 0.465 e. The van der Waals surface area contributed by atoms with Gasteiger partial charge in [0.1, 0.15) is 0 Å². The highest BCUT2D eigenvalue weighted by atomic mass is 35.5. The Hall–Kier alpha value is -1.75. The van der Waals surface area contributed by atoms with Gasteiger partial charge >= 0.3 is 11.7 Å². The van der Waals surface area contributed by atoms with E-state index in [9.17, 15) is 9.59 Å². The van der Waals surface area contributed by atoms with Crippen molar-refractivity contribution >= 4 is 28.6 Å². The zero-order valence-corrected chi connectivity index (χ0v) is 16.1. The molecule has 4 saturated carbocycles. The Labute approximate surface area is 163 Å². The topological polar surface area (TPSA) is 64.1 Å². The molecular formula is C21H25ClN2O3. The summed E-state index contributed by atoms with van der Waals surface area (Å²) in [5.41, 5.74) is 1.25. The Kier molecular flexibility index (Phi) is 3.94. The van der Waals surface area contributed by atoms with E-state index in [0.29, 0.717) is 31.4 Å². The molecule has 1 N–H and O–H groups in total. The lowest BCUT2D eigenvalue weighted by atomic mass is 9.49. The Balaban J connectivity index is 1.22. The maximum atomic E-state index is 12.9. The third-order valence-electron chi connectivity index (χ3n) is 6.86. The summed E-state index contributed by atoms with van der Waals surface area (Å²) in [4.78, 5) is 27.7. The molecule has 1 aromatic carbocycles. The van der Waals surface area contributed by atoms with E-state index >= 15 is 0 Å². The van der Waals surface area contributed by atoms with Gasteiger partial charge in [-0.3, -0.25) is 9.36 Å². The number of ether oxygens (including phenoxy) is 1. The van der Waals surface area contributed by atoms with Crippen molar-refractivity contribution in [2.75, 3.05) is 6.61 Å². The molecular weight excluding hydrogens is 364 g/mol. The van der Waals surface area contributed by atoms with E-state index in [0.717, 1.165) is 43.1 Å². The van der Waals surface area contributed by atoms with E-state index in [4.69, 9.17) is 16.3 Å². The smallest absolute Gasteiger partial charge is 0.326 e. The van der Waals surface area contributed by atoms with Gasteiger partial charge in [0.15, 0.2) is 0 Å². The number of esters is 1. The Morgan fingerprint density at radius 3 is 2.70 bits per heavy atom. The van der Waals surface area contributed by atoms with Crippen LogP contribution in [0.1, 0.15) is 44.9 Å². The van der Waals surface area contributed by atoms with Crippen LogP contribution in [0.25, 0.3) is 11.0 Å². The van der Waals surface area contributed by atoms with Gasteiger partial charge in [0.25, 0.3) is 0 Å². The molecule has 0 amide bonds. The molecule has 0 unspecified atom stereocenters. The number of aromatic amines is 1. The molecule has 2 aromatic rings. The number of nitrogens with one attached hydrogen (secondary N) is 1. The number of H-pyrrole nitrogens is 1. The van der Waals surface area contributed by atoms with Gasteiger partial charge in [-0.1, -0.05) is 12.1 Å². The molecule has 5 nitrogen and oxygen atoms in total. The number of para-hydroxylation sites is 2. The summed E-state index contributed by atoms with van der Waals surface area (Å²) in [6.07, 6.45) is 6.63. The zero-order chi connectivity index (χ0) is 18.6. The summed E-state index contributed by atoms with van der Waals surface area (Å²) in [7, 11) is 0. The molecule has 6 rings (SSSR count). The monoisotopic (exact) mass is 388 g/mol. The summed E-state index contributed by atoms with van der Waals surface area (Å²) >= 11 is 6.82. The fourth-order valence-corrected chi connectivity index (χ4v) is 6.95. The number of fused-ring (bicyclic) bond motifs is 1. The number of carbonyl (C=O) groups is 1. The number of hydrogen-bond acceptors (Lipinski definition) is 3. The fourth-order valence-electron chi connectivity index (χ4n) is 6.26. The second-order valence-corrected chi connectivity index (χ2v) is 9.78. The first-order valence-corrected chi connectivity index (χ1v) is 10.4. The highest BCUT2D eigenvalue weighted by Crippen LogP contribution is 2.64. The first-order valence-electron chi connectivity index (χ1n) is 10.0. The molecule has 0 aliphatic heterocycles. The predicted molar refractivity (Wildman–Crippen MR) is 104 cm³/mol. The Bertz CT molecular complexity index is 932. The summed E-state index contributed by atoms with van der Waals surface area (Å²) in [5, 5.41) is 0. The van der Waals surface area contributed by atoms with Crippen LogP contribution < -0.4 is 5.69 Å². The zero-order valence-electron chi connectivity index (χ0n) is 15.4. The van der Waals surface area contributed by atoms with Crippen molar-refractivity contribution in [3.05, 3.63) is 34.7 Å². The number of imidazole rings is 1. The summed E-state index contributed by atoms with van der Waals surface area (Å²) < 4.78 is 7.41. The van der Waals surface area contributed by atoms with E-state index in [1.807, 2.05) is 24.3 Å². The van der Waals surface area contributed by atoms with E-state index < -0.39 is 0 Å². The number of carbonyl (C=O) groups excluding carboxylic acids is 1. The normalized spacial score (nSPS) is 34.3. The molecule has 144 valence electrons. The standard InChI is InChI=1S/C21H25ClN2O3/c22-21-11-14-8-15(12-21)10-20(9-14,13-21)18(25)27-7-3-6-24-17-5-2-1-4-16(17)23-19(24)26/h1-2,4-5,14-15H,3,6-13H2,(H,23,26)/t14-,15-,20?,21?/m1/s1. The third kappa shape index (κ3) is 2.91. The van der Waals surface area contributed by atoms with Crippen molar-refractivity contribution in [3.63, 3.8) is 0 Å². The fraction of sp³-hybridized carbons (Fsp3) is 0.619. The van der Waals surface area contributed by atoms with Gasteiger partial charge in [0, 0.05) is 11.4 Å². The summed E-state index contributed by atoms with van der Waals surface area (Å²) in [6, 6.07) is 7.64. The number of rotatable bonds is 5. The average molecular weight is 389 g/mol. The average Bonchev–Trinajstić information content (AvgIpc) is 2.91. The van der Waals surface area contributed by atoms with Crippen LogP contribution in [0.5, 0.6) is 0 Å². The summed E-state index contributed by atoms with van der Waals surface area (Å²) in [6.45, 7) is 0.880. The Morgan fingerprint density at radius 2 is 1.96 bits per heavy atom. The molecule has 0 radical (unpaired) electrons. The molecule has 2 atom stereocenters. The number of hydrogen-bond donors (Lipinski definition) is 1. The van der Waals surface area contributed by atoms with E-state index in [1.165, 1.54) is 6.42 Å². The quantitative estimate of drug-likeness (QED) is 0.481. The van der Waals surface area contributed by atoms with Crippen LogP contribution in [0.3, 0.4) is 0 Å².